The van der Waals surface area contributed by atoms with Gasteiger partial charge in [-0.1, -0.05) is 6.07 Å². The first-order chi connectivity index (χ1) is 14.9. The van der Waals surface area contributed by atoms with Gasteiger partial charge in [-0.05, 0) is 36.4 Å². The molecule has 0 bridgehead atoms. The molecule has 1 N–H and O–H groups in total. The summed E-state index contributed by atoms with van der Waals surface area (Å²) < 4.78 is 43.6. The van der Waals surface area contributed by atoms with Crippen LogP contribution in [0.15, 0.2) is 39.9 Å². The summed E-state index contributed by atoms with van der Waals surface area (Å²) in [5.74, 6) is 0.466. The standard InChI is InChI=1S/C20H20N2O6S3/c1-26-15-5-3-4-14(17(15)27-2)19-21-13(11-30-19)10-28-20(23)18-16(8-9-29-18)31(24,25)22-12-6-7-12/h3-5,8-9,11-12,22H,6-7,10H2,1-2H3. The molecular weight excluding hydrogens is 460 g/mol. The van der Waals surface area contributed by atoms with Crippen LogP contribution in [0.2, 0.25) is 0 Å². The number of benzene rings is 1. The average Bonchev–Trinajstić information content (AvgIpc) is 3.23. The molecule has 31 heavy (non-hydrogen) atoms. The maximum absolute atomic E-state index is 12.5. The van der Waals surface area contributed by atoms with Crippen LogP contribution in [0.3, 0.4) is 0 Å². The Kier molecular flexibility index (Phi) is 6.28. The number of aromatic nitrogens is 1. The quantitative estimate of drug-likeness (QED) is 0.466. The SMILES string of the molecule is COc1cccc(-c2nc(COC(=O)c3sccc3S(=O)(=O)NC3CC3)cs2)c1OC. The lowest BCUT2D eigenvalue weighted by atomic mass is 10.2. The van der Waals surface area contributed by atoms with Crippen molar-refractivity contribution in [2.45, 2.75) is 30.4 Å². The molecule has 1 aromatic carbocycles. The minimum Gasteiger partial charge on any atom is -0.493 e. The fourth-order valence-electron chi connectivity index (χ4n) is 2.90. The minimum atomic E-state index is -3.74. The molecule has 1 aliphatic rings. The Labute approximate surface area is 187 Å². The number of esters is 1. The number of sulfonamides is 1. The fourth-order valence-corrected chi connectivity index (χ4v) is 6.34. The molecule has 0 saturated heterocycles. The first-order valence-corrected chi connectivity index (χ1v) is 12.6. The highest BCUT2D eigenvalue weighted by Gasteiger charge is 2.31. The summed E-state index contributed by atoms with van der Waals surface area (Å²) in [6, 6.07) is 6.87. The molecule has 3 aromatic rings. The highest BCUT2D eigenvalue weighted by Crippen LogP contribution is 2.39. The second kappa shape index (κ2) is 8.95. The molecule has 0 unspecified atom stereocenters. The van der Waals surface area contributed by atoms with Crippen LogP contribution >= 0.6 is 22.7 Å². The predicted molar refractivity (Wildman–Crippen MR) is 117 cm³/mol. The Morgan fingerprint density at radius 2 is 2.00 bits per heavy atom. The molecule has 2 aromatic heterocycles. The zero-order chi connectivity index (χ0) is 22.0. The lowest BCUT2D eigenvalue weighted by Gasteiger charge is -2.10. The summed E-state index contributed by atoms with van der Waals surface area (Å²) in [6.45, 7) is -0.0743. The van der Waals surface area contributed by atoms with E-state index < -0.39 is 16.0 Å². The van der Waals surface area contributed by atoms with Crippen molar-refractivity contribution in [2.75, 3.05) is 14.2 Å². The molecule has 2 heterocycles. The van der Waals surface area contributed by atoms with Gasteiger partial charge in [-0.25, -0.2) is 22.9 Å². The number of nitrogens with zero attached hydrogens (tertiary/aromatic N) is 1. The third-order valence-electron chi connectivity index (χ3n) is 4.54. The van der Waals surface area contributed by atoms with Crippen LogP contribution in [0.25, 0.3) is 10.6 Å². The van der Waals surface area contributed by atoms with Crippen molar-refractivity contribution in [1.29, 1.82) is 0 Å². The van der Waals surface area contributed by atoms with Gasteiger partial charge in [-0.2, -0.15) is 0 Å². The van der Waals surface area contributed by atoms with Gasteiger partial charge in [0.05, 0.1) is 25.5 Å². The Bertz CT molecular complexity index is 1200. The van der Waals surface area contributed by atoms with E-state index in [9.17, 15) is 13.2 Å². The van der Waals surface area contributed by atoms with Crippen LogP contribution in [0.5, 0.6) is 11.5 Å². The van der Waals surface area contributed by atoms with Gasteiger partial charge in [-0.15, -0.1) is 22.7 Å². The number of para-hydroxylation sites is 1. The summed E-state index contributed by atoms with van der Waals surface area (Å²) in [5, 5.41) is 4.03. The van der Waals surface area contributed by atoms with Gasteiger partial charge in [0.2, 0.25) is 10.0 Å². The van der Waals surface area contributed by atoms with Crippen LogP contribution in [0, 0.1) is 0 Å². The molecule has 164 valence electrons. The largest absolute Gasteiger partial charge is 0.493 e. The first kappa shape index (κ1) is 21.8. The van der Waals surface area contributed by atoms with E-state index in [1.807, 2.05) is 12.1 Å². The zero-order valence-corrected chi connectivity index (χ0v) is 19.2. The molecule has 0 spiro atoms. The Hall–Kier alpha value is -2.47. The molecular formula is C20H20N2O6S3. The minimum absolute atomic E-state index is 0.0456. The Morgan fingerprint density at radius 3 is 2.71 bits per heavy atom. The van der Waals surface area contributed by atoms with Crippen LogP contribution in [-0.4, -0.2) is 39.6 Å². The third-order valence-corrected chi connectivity index (χ3v) is 8.05. The molecule has 4 rings (SSSR count). The summed E-state index contributed by atoms with van der Waals surface area (Å²) >= 11 is 2.42. The number of hydrogen-bond acceptors (Lipinski definition) is 9. The summed E-state index contributed by atoms with van der Waals surface area (Å²) in [7, 11) is -0.617. The number of methoxy groups -OCH3 is 2. The highest BCUT2D eigenvalue weighted by molar-refractivity contribution is 7.89. The molecule has 1 saturated carbocycles. The van der Waals surface area contributed by atoms with Crippen LogP contribution in [-0.2, 0) is 21.4 Å². The van der Waals surface area contributed by atoms with Crippen molar-refractivity contribution in [2.24, 2.45) is 0 Å². The fraction of sp³-hybridized carbons (Fsp3) is 0.300. The normalized spacial score (nSPS) is 13.7. The first-order valence-electron chi connectivity index (χ1n) is 9.35. The van der Waals surface area contributed by atoms with E-state index in [2.05, 4.69) is 9.71 Å². The number of rotatable bonds is 9. The predicted octanol–water partition coefficient (Wildman–Crippen LogP) is 3.69. The van der Waals surface area contributed by atoms with Gasteiger partial charge in [0.15, 0.2) is 11.5 Å². The van der Waals surface area contributed by atoms with Gasteiger partial charge >= 0.3 is 5.97 Å². The lowest BCUT2D eigenvalue weighted by molar-refractivity contribution is 0.0470. The lowest BCUT2D eigenvalue weighted by Crippen LogP contribution is -2.26. The average molecular weight is 481 g/mol. The Morgan fingerprint density at radius 1 is 1.19 bits per heavy atom. The number of thiophene rings is 1. The molecule has 0 radical (unpaired) electrons. The van der Waals surface area contributed by atoms with Gasteiger partial charge in [0.1, 0.15) is 21.4 Å². The van der Waals surface area contributed by atoms with E-state index in [1.54, 1.807) is 31.0 Å². The molecule has 1 aliphatic carbocycles. The van der Waals surface area contributed by atoms with E-state index in [4.69, 9.17) is 14.2 Å². The number of hydrogen-bond donors (Lipinski definition) is 1. The van der Waals surface area contributed by atoms with E-state index in [-0.39, 0.29) is 22.4 Å². The zero-order valence-electron chi connectivity index (χ0n) is 16.8. The second-order valence-corrected chi connectivity index (χ2v) is 10.2. The topological polar surface area (TPSA) is 104 Å². The maximum atomic E-state index is 12.5. The molecule has 1 fully saturated rings. The molecule has 0 atom stereocenters. The summed E-state index contributed by atoms with van der Waals surface area (Å²) in [6.07, 6.45) is 1.63. The van der Waals surface area contributed by atoms with Gasteiger partial charge in [0, 0.05) is 11.4 Å². The monoisotopic (exact) mass is 480 g/mol. The van der Waals surface area contributed by atoms with Crippen molar-refractivity contribution in [3.63, 3.8) is 0 Å². The van der Waals surface area contributed by atoms with Crippen molar-refractivity contribution >= 4 is 38.7 Å². The van der Waals surface area contributed by atoms with E-state index in [1.165, 1.54) is 17.4 Å². The van der Waals surface area contributed by atoms with Crippen LogP contribution in [0.4, 0.5) is 0 Å². The number of carbonyl (C=O) groups is 1. The molecule has 11 heteroatoms. The van der Waals surface area contributed by atoms with E-state index >= 15 is 0 Å². The van der Waals surface area contributed by atoms with Gasteiger partial charge in [0.25, 0.3) is 0 Å². The van der Waals surface area contributed by atoms with E-state index in [0.29, 0.717) is 22.2 Å². The van der Waals surface area contributed by atoms with Crippen molar-refractivity contribution in [3.05, 3.63) is 45.6 Å². The number of carbonyl (C=O) groups excluding carboxylic acids is 1. The van der Waals surface area contributed by atoms with Crippen LogP contribution in [0.1, 0.15) is 28.2 Å². The van der Waals surface area contributed by atoms with Crippen molar-refractivity contribution in [1.82, 2.24) is 9.71 Å². The van der Waals surface area contributed by atoms with Crippen molar-refractivity contribution < 1.29 is 27.4 Å². The third kappa shape index (κ3) is 4.74. The highest BCUT2D eigenvalue weighted by atomic mass is 32.2. The smallest absolute Gasteiger partial charge is 0.350 e. The molecule has 8 nitrogen and oxygen atoms in total. The van der Waals surface area contributed by atoms with Crippen molar-refractivity contribution in [3.8, 4) is 22.1 Å². The maximum Gasteiger partial charge on any atom is 0.350 e. The number of nitrogens with one attached hydrogen (secondary N) is 1. The second-order valence-electron chi connectivity index (χ2n) is 6.77. The molecule has 0 aliphatic heterocycles. The number of ether oxygens (including phenoxy) is 3. The van der Waals surface area contributed by atoms with Gasteiger partial charge in [-0.3, -0.25) is 0 Å². The number of thiazole rings is 1. The molecule has 0 amide bonds. The van der Waals surface area contributed by atoms with Crippen LogP contribution < -0.4 is 14.2 Å². The summed E-state index contributed by atoms with van der Waals surface area (Å²) in [5.41, 5.74) is 1.32. The van der Waals surface area contributed by atoms with E-state index in [0.717, 1.165) is 29.7 Å². The Balaban J connectivity index is 1.47. The van der Waals surface area contributed by atoms with Gasteiger partial charge < -0.3 is 14.2 Å². The summed E-state index contributed by atoms with van der Waals surface area (Å²) in [4.78, 5) is 17.1.